The molecule has 0 atom stereocenters. The molecular formula is C10H13NO. The fraction of sp³-hybridized carbons (Fsp3) is 0.500. The van der Waals surface area contributed by atoms with Crippen LogP contribution in [0.4, 0.5) is 0 Å². The number of carbonyl (C=O) groups excluding carboxylic acids is 1. The van der Waals surface area contributed by atoms with Gasteiger partial charge in [-0.05, 0) is 25.0 Å². The first-order valence-corrected chi connectivity index (χ1v) is 4.44. The zero-order chi connectivity index (χ0) is 8.55. The molecule has 1 aromatic heterocycles. The Balaban J connectivity index is 2.19. The van der Waals surface area contributed by atoms with E-state index >= 15 is 0 Å². The average Bonchev–Trinajstić information content (AvgIpc) is 2.31. The highest BCUT2D eigenvalue weighted by Gasteiger charge is 2.27. The second kappa shape index (κ2) is 2.77. The average molecular weight is 163 g/mol. The first kappa shape index (κ1) is 7.59. The van der Waals surface area contributed by atoms with E-state index in [1.54, 1.807) is 0 Å². The molecule has 12 heavy (non-hydrogen) atoms. The first-order valence-electron chi connectivity index (χ1n) is 4.44. The molecule has 1 aliphatic rings. The van der Waals surface area contributed by atoms with E-state index in [0.29, 0.717) is 11.7 Å². The summed E-state index contributed by atoms with van der Waals surface area (Å²) in [5.74, 6) is 0.646. The number of hydrogen-bond acceptors (Lipinski definition) is 1. The summed E-state index contributed by atoms with van der Waals surface area (Å²) in [4.78, 5) is 11.7. The molecule has 2 rings (SSSR count). The monoisotopic (exact) mass is 163 g/mol. The van der Waals surface area contributed by atoms with Crippen molar-refractivity contribution in [1.82, 2.24) is 4.57 Å². The third-order valence-electron chi connectivity index (χ3n) is 2.67. The fourth-order valence-electron chi connectivity index (χ4n) is 1.60. The van der Waals surface area contributed by atoms with Crippen molar-refractivity contribution >= 4 is 5.78 Å². The first-order chi connectivity index (χ1) is 5.79. The van der Waals surface area contributed by atoms with Gasteiger partial charge >= 0.3 is 0 Å². The van der Waals surface area contributed by atoms with E-state index in [1.807, 2.05) is 29.9 Å². The maximum absolute atomic E-state index is 11.7. The van der Waals surface area contributed by atoms with Crippen LogP contribution in [0, 0.1) is 5.92 Å². The van der Waals surface area contributed by atoms with Crippen LogP contribution in [0.15, 0.2) is 18.3 Å². The minimum atomic E-state index is 0.318. The quantitative estimate of drug-likeness (QED) is 0.611. The van der Waals surface area contributed by atoms with Crippen molar-refractivity contribution in [3.8, 4) is 0 Å². The molecule has 2 nitrogen and oxygen atoms in total. The Morgan fingerprint density at radius 2 is 2.33 bits per heavy atom. The standard InChI is InChI=1S/C10H13NO/c1-11-7-3-6-9(11)10(12)8-4-2-5-8/h3,6-8H,2,4-5H2,1H3. The van der Waals surface area contributed by atoms with E-state index in [1.165, 1.54) is 6.42 Å². The lowest BCUT2D eigenvalue weighted by Crippen LogP contribution is -2.23. The minimum Gasteiger partial charge on any atom is -0.348 e. The van der Waals surface area contributed by atoms with Crippen LogP contribution in [-0.2, 0) is 7.05 Å². The van der Waals surface area contributed by atoms with E-state index < -0.39 is 0 Å². The summed E-state index contributed by atoms with van der Waals surface area (Å²) in [6.07, 6.45) is 5.32. The Hall–Kier alpha value is -1.05. The van der Waals surface area contributed by atoms with Crippen molar-refractivity contribution in [2.45, 2.75) is 19.3 Å². The normalized spacial score (nSPS) is 17.4. The zero-order valence-corrected chi connectivity index (χ0v) is 7.29. The number of aromatic nitrogens is 1. The second-order valence-electron chi connectivity index (χ2n) is 3.50. The number of nitrogens with zero attached hydrogens (tertiary/aromatic N) is 1. The van der Waals surface area contributed by atoms with Crippen LogP contribution in [-0.4, -0.2) is 10.4 Å². The summed E-state index contributed by atoms with van der Waals surface area (Å²) < 4.78 is 1.90. The van der Waals surface area contributed by atoms with Gasteiger partial charge in [0.1, 0.15) is 0 Å². The molecule has 1 aliphatic carbocycles. The topological polar surface area (TPSA) is 22.0 Å². The largest absolute Gasteiger partial charge is 0.348 e. The van der Waals surface area contributed by atoms with Crippen molar-refractivity contribution < 1.29 is 4.79 Å². The van der Waals surface area contributed by atoms with Gasteiger partial charge in [0.05, 0.1) is 5.69 Å². The summed E-state index contributed by atoms with van der Waals surface area (Å²) >= 11 is 0. The van der Waals surface area contributed by atoms with Gasteiger partial charge in [-0.3, -0.25) is 4.79 Å². The summed E-state index contributed by atoms with van der Waals surface area (Å²) in [6.45, 7) is 0. The Bertz CT molecular complexity index is 297. The van der Waals surface area contributed by atoms with Gasteiger partial charge in [-0.1, -0.05) is 6.42 Å². The molecule has 0 unspecified atom stereocenters. The van der Waals surface area contributed by atoms with Crippen LogP contribution in [0.5, 0.6) is 0 Å². The van der Waals surface area contributed by atoms with Gasteiger partial charge in [0.2, 0.25) is 0 Å². The third-order valence-corrected chi connectivity index (χ3v) is 2.67. The van der Waals surface area contributed by atoms with Crippen LogP contribution in [0.1, 0.15) is 29.8 Å². The summed E-state index contributed by atoms with van der Waals surface area (Å²) in [5.41, 5.74) is 0.861. The SMILES string of the molecule is Cn1cccc1C(=O)C1CCC1. The molecule has 1 saturated carbocycles. The van der Waals surface area contributed by atoms with Gasteiger partial charge in [0, 0.05) is 19.2 Å². The number of aryl methyl sites for hydroxylation is 1. The van der Waals surface area contributed by atoms with Crippen molar-refractivity contribution in [3.05, 3.63) is 24.0 Å². The molecule has 1 aromatic rings. The lowest BCUT2D eigenvalue weighted by molar-refractivity contribution is 0.0846. The van der Waals surface area contributed by atoms with Crippen LogP contribution >= 0.6 is 0 Å². The molecule has 64 valence electrons. The zero-order valence-electron chi connectivity index (χ0n) is 7.29. The molecule has 2 heteroatoms. The molecule has 0 saturated heterocycles. The predicted molar refractivity (Wildman–Crippen MR) is 47.1 cm³/mol. The molecule has 0 N–H and O–H groups in total. The highest BCUT2D eigenvalue weighted by atomic mass is 16.1. The van der Waals surface area contributed by atoms with Crippen LogP contribution in [0.25, 0.3) is 0 Å². The van der Waals surface area contributed by atoms with E-state index in [4.69, 9.17) is 0 Å². The molecule has 0 radical (unpaired) electrons. The summed E-state index contributed by atoms with van der Waals surface area (Å²) in [7, 11) is 1.92. The van der Waals surface area contributed by atoms with E-state index in [9.17, 15) is 4.79 Å². The molecular weight excluding hydrogens is 150 g/mol. The highest BCUT2D eigenvalue weighted by molar-refractivity contribution is 5.96. The van der Waals surface area contributed by atoms with Gasteiger partial charge in [-0.2, -0.15) is 0 Å². The Morgan fingerprint density at radius 3 is 2.75 bits per heavy atom. The van der Waals surface area contributed by atoms with Crippen LogP contribution in [0.3, 0.4) is 0 Å². The lowest BCUT2D eigenvalue weighted by Gasteiger charge is -2.23. The summed E-state index contributed by atoms with van der Waals surface area (Å²) in [6, 6.07) is 3.83. The molecule has 0 amide bonds. The Labute approximate surface area is 72.2 Å². The Morgan fingerprint density at radius 1 is 1.58 bits per heavy atom. The summed E-state index contributed by atoms with van der Waals surface area (Å²) in [5, 5.41) is 0. The fourth-order valence-corrected chi connectivity index (χ4v) is 1.60. The molecule has 0 spiro atoms. The van der Waals surface area contributed by atoms with Gasteiger partial charge in [0.15, 0.2) is 5.78 Å². The van der Waals surface area contributed by atoms with Crippen LogP contribution < -0.4 is 0 Å². The van der Waals surface area contributed by atoms with Crippen molar-refractivity contribution in [2.75, 3.05) is 0 Å². The lowest BCUT2D eigenvalue weighted by atomic mass is 9.81. The minimum absolute atomic E-state index is 0.318. The third kappa shape index (κ3) is 1.07. The van der Waals surface area contributed by atoms with Gasteiger partial charge in [-0.25, -0.2) is 0 Å². The maximum Gasteiger partial charge on any atom is 0.182 e. The molecule has 0 bridgehead atoms. The second-order valence-corrected chi connectivity index (χ2v) is 3.50. The van der Waals surface area contributed by atoms with E-state index in [-0.39, 0.29) is 0 Å². The molecule has 0 aliphatic heterocycles. The van der Waals surface area contributed by atoms with Crippen molar-refractivity contribution in [3.63, 3.8) is 0 Å². The van der Waals surface area contributed by atoms with E-state index in [2.05, 4.69) is 0 Å². The molecule has 0 aromatic carbocycles. The molecule has 1 heterocycles. The van der Waals surface area contributed by atoms with Crippen molar-refractivity contribution in [1.29, 1.82) is 0 Å². The van der Waals surface area contributed by atoms with Gasteiger partial charge in [-0.15, -0.1) is 0 Å². The molecule has 1 fully saturated rings. The van der Waals surface area contributed by atoms with Crippen LogP contribution in [0.2, 0.25) is 0 Å². The van der Waals surface area contributed by atoms with Gasteiger partial charge in [0.25, 0.3) is 0 Å². The number of rotatable bonds is 2. The highest BCUT2D eigenvalue weighted by Crippen LogP contribution is 2.29. The maximum atomic E-state index is 11.7. The number of carbonyl (C=O) groups is 1. The van der Waals surface area contributed by atoms with E-state index in [0.717, 1.165) is 18.5 Å². The van der Waals surface area contributed by atoms with Gasteiger partial charge < -0.3 is 4.57 Å². The van der Waals surface area contributed by atoms with Crippen molar-refractivity contribution in [2.24, 2.45) is 13.0 Å². The Kier molecular flexibility index (Phi) is 1.75. The smallest absolute Gasteiger partial charge is 0.182 e. The number of ketones is 1. The predicted octanol–water partition coefficient (Wildman–Crippen LogP) is 2.01. The number of Topliss-reactive ketones (excluding diaryl/α,β-unsaturated/α-hetero) is 1. The number of hydrogen-bond donors (Lipinski definition) is 0.